The number of thioether (sulfide) groups is 1. The maximum absolute atomic E-state index is 13.4. The van der Waals surface area contributed by atoms with Gasteiger partial charge in [0.05, 0.1) is 18.4 Å². The number of allylic oxidation sites excluding steroid dienone is 1. The van der Waals surface area contributed by atoms with Crippen molar-refractivity contribution in [3.05, 3.63) is 53.2 Å². The Morgan fingerprint density at radius 1 is 1.24 bits per heavy atom. The van der Waals surface area contributed by atoms with Crippen LogP contribution in [-0.2, 0) is 9.59 Å². The lowest BCUT2D eigenvalue weighted by atomic mass is 9.88. The number of carbonyl (C=O) groups is 2. The Morgan fingerprint density at radius 3 is 2.69 bits per heavy atom. The van der Waals surface area contributed by atoms with Crippen LogP contribution in [0.5, 0.6) is 5.75 Å². The van der Waals surface area contributed by atoms with E-state index >= 15 is 0 Å². The smallest absolute Gasteiger partial charge is 0.243 e. The van der Waals surface area contributed by atoms with E-state index in [0.29, 0.717) is 22.2 Å². The molecular formula is C23H24N2O3S. The highest BCUT2D eigenvalue weighted by Gasteiger charge is 2.47. The first kappa shape index (κ1) is 19.7. The van der Waals surface area contributed by atoms with Gasteiger partial charge >= 0.3 is 0 Å². The van der Waals surface area contributed by atoms with Crippen LogP contribution in [0.15, 0.2) is 52.7 Å². The van der Waals surface area contributed by atoms with Crippen molar-refractivity contribution in [3.63, 3.8) is 0 Å². The molecule has 2 aromatic rings. The van der Waals surface area contributed by atoms with E-state index in [-0.39, 0.29) is 16.9 Å². The van der Waals surface area contributed by atoms with Crippen molar-refractivity contribution in [1.29, 1.82) is 0 Å². The molecule has 0 N–H and O–H groups in total. The number of nitrogens with zero attached hydrogens (tertiary/aromatic N) is 2. The fourth-order valence-corrected chi connectivity index (χ4v) is 5.55. The Bertz CT molecular complexity index is 1070. The molecule has 5 nitrogen and oxygen atoms in total. The highest BCUT2D eigenvalue weighted by atomic mass is 32.2. The number of amides is 1. The number of benzene rings is 2. The molecule has 0 spiro atoms. The first-order valence-electron chi connectivity index (χ1n) is 9.83. The molecule has 1 fully saturated rings. The lowest BCUT2D eigenvalue weighted by molar-refractivity contribution is -0.127. The fraction of sp³-hybridized carbons (Fsp3) is 0.348. The summed E-state index contributed by atoms with van der Waals surface area (Å²) in [6, 6.07) is 11.4. The monoisotopic (exact) mass is 408 g/mol. The van der Waals surface area contributed by atoms with Crippen molar-refractivity contribution >= 4 is 39.4 Å². The van der Waals surface area contributed by atoms with Crippen molar-refractivity contribution in [2.24, 2.45) is 4.99 Å². The van der Waals surface area contributed by atoms with Gasteiger partial charge in [-0.05, 0) is 37.1 Å². The van der Waals surface area contributed by atoms with E-state index in [9.17, 15) is 9.59 Å². The number of hydrogen-bond donors (Lipinski definition) is 0. The lowest BCUT2D eigenvalue weighted by Crippen LogP contribution is -2.40. The van der Waals surface area contributed by atoms with E-state index in [1.54, 1.807) is 18.9 Å². The molecular weight excluding hydrogens is 384 g/mol. The zero-order valence-electron chi connectivity index (χ0n) is 17.1. The molecule has 6 heteroatoms. The summed E-state index contributed by atoms with van der Waals surface area (Å²) in [7, 11) is 1.62. The van der Waals surface area contributed by atoms with Gasteiger partial charge in [-0.2, -0.15) is 0 Å². The molecule has 2 aromatic carbocycles. The van der Waals surface area contributed by atoms with Gasteiger partial charge in [-0.1, -0.05) is 55.4 Å². The van der Waals surface area contributed by atoms with Crippen LogP contribution in [0.2, 0.25) is 0 Å². The molecule has 29 heavy (non-hydrogen) atoms. The maximum Gasteiger partial charge on any atom is 0.243 e. The topological polar surface area (TPSA) is 59.0 Å². The fourth-order valence-electron chi connectivity index (χ4n) is 4.23. The van der Waals surface area contributed by atoms with Gasteiger partial charge in [0.25, 0.3) is 0 Å². The number of Topliss-reactive ketones (excluding diaryl/α,β-unsaturated/α-hetero) is 1. The molecule has 0 aliphatic carbocycles. The third kappa shape index (κ3) is 3.15. The van der Waals surface area contributed by atoms with E-state index < -0.39 is 6.04 Å². The van der Waals surface area contributed by atoms with Crippen LogP contribution in [0.4, 0.5) is 0 Å². The van der Waals surface area contributed by atoms with Gasteiger partial charge in [0.15, 0.2) is 11.0 Å². The standard InChI is InChI=1S/C23H24N2O3S/c1-5-8-18-22(27)25-21(19(14(3)26)13(2)24-23(25)29-18)20-16-10-7-6-9-15(16)11-12-17(20)28-4/h6-7,9-12,18,21H,5,8H2,1-4H3/t18-,21-/m0/s1. The minimum atomic E-state index is -0.539. The SMILES string of the molecule is CCC[C@@H]1SC2=NC(C)=C(C(C)=O)[C@@H](c3c(OC)ccc4ccccc34)N2C1=O. The van der Waals surface area contributed by atoms with Crippen LogP contribution >= 0.6 is 11.8 Å². The predicted molar refractivity (Wildman–Crippen MR) is 117 cm³/mol. The molecule has 0 unspecified atom stereocenters. The predicted octanol–water partition coefficient (Wildman–Crippen LogP) is 4.87. The number of ether oxygens (including phenoxy) is 1. The van der Waals surface area contributed by atoms with Crippen molar-refractivity contribution < 1.29 is 14.3 Å². The highest BCUT2D eigenvalue weighted by molar-refractivity contribution is 8.15. The highest BCUT2D eigenvalue weighted by Crippen LogP contribution is 2.48. The number of aliphatic imine (C=N–C) groups is 1. The van der Waals surface area contributed by atoms with Crippen molar-refractivity contribution in [2.45, 2.75) is 44.9 Å². The third-order valence-electron chi connectivity index (χ3n) is 5.51. The van der Waals surface area contributed by atoms with Gasteiger partial charge in [-0.15, -0.1) is 0 Å². The number of hydrogen-bond acceptors (Lipinski definition) is 5. The molecule has 150 valence electrons. The van der Waals surface area contributed by atoms with Crippen molar-refractivity contribution in [1.82, 2.24) is 4.90 Å². The van der Waals surface area contributed by atoms with E-state index in [0.717, 1.165) is 29.2 Å². The first-order chi connectivity index (χ1) is 14.0. The summed E-state index contributed by atoms with van der Waals surface area (Å²) in [5, 5.41) is 2.52. The van der Waals surface area contributed by atoms with Crippen LogP contribution in [-0.4, -0.2) is 34.1 Å². The van der Waals surface area contributed by atoms with Gasteiger partial charge in [0, 0.05) is 16.8 Å². The van der Waals surface area contributed by atoms with E-state index in [1.807, 2.05) is 43.3 Å². The van der Waals surface area contributed by atoms with E-state index in [2.05, 4.69) is 11.9 Å². The second kappa shape index (κ2) is 7.67. The van der Waals surface area contributed by atoms with Gasteiger partial charge in [-0.25, -0.2) is 4.99 Å². The van der Waals surface area contributed by atoms with Gasteiger partial charge in [0.2, 0.25) is 5.91 Å². The molecule has 2 aliphatic rings. The van der Waals surface area contributed by atoms with Crippen molar-refractivity contribution in [2.75, 3.05) is 7.11 Å². The van der Waals surface area contributed by atoms with Gasteiger partial charge < -0.3 is 4.74 Å². The second-order valence-corrected chi connectivity index (χ2v) is 8.53. The van der Waals surface area contributed by atoms with E-state index in [4.69, 9.17) is 4.74 Å². The number of carbonyl (C=O) groups excluding carboxylic acids is 2. The Morgan fingerprint density at radius 2 is 2.00 bits per heavy atom. The summed E-state index contributed by atoms with van der Waals surface area (Å²) >= 11 is 1.50. The summed E-state index contributed by atoms with van der Waals surface area (Å²) in [4.78, 5) is 32.5. The molecule has 2 aliphatic heterocycles. The van der Waals surface area contributed by atoms with Gasteiger partial charge in [-0.3, -0.25) is 14.5 Å². The number of rotatable bonds is 5. The van der Waals surface area contributed by atoms with Crippen LogP contribution in [0, 0.1) is 0 Å². The summed E-state index contributed by atoms with van der Waals surface area (Å²) < 4.78 is 5.71. The minimum Gasteiger partial charge on any atom is -0.496 e. The lowest BCUT2D eigenvalue weighted by Gasteiger charge is -2.34. The maximum atomic E-state index is 13.4. The molecule has 0 saturated carbocycles. The van der Waals surface area contributed by atoms with Crippen LogP contribution < -0.4 is 4.74 Å². The molecule has 1 amide bonds. The zero-order chi connectivity index (χ0) is 20.7. The average molecular weight is 409 g/mol. The first-order valence-corrected chi connectivity index (χ1v) is 10.7. The summed E-state index contributed by atoms with van der Waals surface area (Å²) in [5.41, 5.74) is 2.06. The van der Waals surface area contributed by atoms with E-state index in [1.165, 1.54) is 11.8 Å². The molecule has 0 bridgehead atoms. The molecule has 2 atom stereocenters. The molecule has 0 radical (unpaired) electrons. The van der Waals surface area contributed by atoms with Crippen molar-refractivity contribution in [3.8, 4) is 5.75 Å². The van der Waals surface area contributed by atoms with Gasteiger partial charge in [0.1, 0.15) is 5.75 Å². The zero-order valence-corrected chi connectivity index (χ0v) is 17.9. The number of amidine groups is 1. The largest absolute Gasteiger partial charge is 0.496 e. The summed E-state index contributed by atoms with van der Waals surface area (Å²) in [6.45, 7) is 5.47. The number of ketones is 1. The van der Waals surface area contributed by atoms with Crippen LogP contribution in [0.25, 0.3) is 10.8 Å². The summed E-state index contributed by atoms with van der Waals surface area (Å²) in [5.74, 6) is 0.599. The van der Waals surface area contributed by atoms with Crippen LogP contribution in [0.1, 0.15) is 45.2 Å². The third-order valence-corrected chi connectivity index (χ3v) is 6.73. The minimum absolute atomic E-state index is 0.0156. The molecule has 4 rings (SSSR count). The number of fused-ring (bicyclic) bond motifs is 2. The average Bonchev–Trinajstić information content (AvgIpc) is 3.01. The second-order valence-electron chi connectivity index (χ2n) is 7.36. The molecule has 1 saturated heterocycles. The quantitative estimate of drug-likeness (QED) is 0.708. The Labute approximate surface area is 174 Å². The molecule has 2 heterocycles. The number of methoxy groups -OCH3 is 1. The van der Waals surface area contributed by atoms with Crippen LogP contribution in [0.3, 0.4) is 0 Å². The Kier molecular flexibility index (Phi) is 5.21. The summed E-state index contributed by atoms with van der Waals surface area (Å²) in [6.07, 6.45) is 1.70. The molecule has 0 aromatic heterocycles. The normalized spacial score (nSPS) is 21.4. The Balaban J connectivity index is 2.00. The Hall–Kier alpha value is -2.60.